The van der Waals surface area contributed by atoms with Crippen molar-refractivity contribution in [2.45, 2.75) is 13.8 Å². The van der Waals surface area contributed by atoms with E-state index in [1.807, 2.05) is 55.6 Å². The van der Waals surface area contributed by atoms with Gasteiger partial charge >= 0.3 is 0 Å². The van der Waals surface area contributed by atoms with E-state index in [9.17, 15) is 4.79 Å². The minimum Gasteiger partial charge on any atom is -0.483 e. The van der Waals surface area contributed by atoms with Crippen LogP contribution in [0.5, 0.6) is 5.75 Å². The predicted molar refractivity (Wildman–Crippen MR) is 102 cm³/mol. The molecule has 0 fully saturated rings. The van der Waals surface area contributed by atoms with Crippen molar-refractivity contribution < 1.29 is 9.53 Å². The van der Waals surface area contributed by atoms with Crippen LogP contribution in [-0.4, -0.2) is 17.5 Å². The summed E-state index contributed by atoms with van der Waals surface area (Å²) >= 11 is 1.37. The number of anilines is 2. The van der Waals surface area contributed by atoms with E-state index < -0.39 is 0 Å². The van der Waals surface area contributed by atoms with E-state index >= 15 is 0 Å². The Hall–Kier alpha value is -2.86. The Morgan fingerprint density at radius 1 is 1.20 bits per heavy atom. The molecule has 0 aliphatic rings. The zero-order valence-corrected chi connectivity index (χ0v) is 14.9. The van der Waals surface area contributed by atoms with Crippen molar-refractivity contribution in [1.82, 2.24) is 4.98 Å². The molecule has 128 valence electrons. The molecule has 0 saturated carbocycles. The molecule has 0 radical (unpaired) electrons. The topological polar surface area (TPSA) is 77.2 Å². The average Bonchev–Trinajstić information content (AvgIpc) is 2.98. The van der Waals surface area contributed by atoms with Crippen LogP contribution >= 0.6 is 11.3 Å². The van der Waals surface area contributed by atoms with Crippen molar-refractivity contribution in [3.05, 3.63) is 59.0 Å². The van der Waals surface area contributed by atoms with E-state index in [-0.39, 0.29) is 12.5 Å². The monoisotopic (exact) mass is 353 g/mol. The van der Waals surface area contributed by atoms with Crippen molar-refractivity contribution in [2.75, 3.05) is 17.7 Å². The van der Waals surface area contributed by atoms with E-state index in [4.69, 9.17) is 10.5 Å². The van der Waals surface area contributed by atoms with E-state index in [1.165, 1.54) is 11.3 Å². The van der Waals surface area contributed by atoms with Gasteiger partial charge in [0.25, 0.3) is 5.91 Å². The first-order valence-corrected chi connectivity index (χ1v) is 8.70. The fraction of sp³-hybridized carbons (Fsp3) is 0.158. The summed E-state index contributed by atoms with van der Waals surface area (Å²) in [5.74, 6) is 0.390. The molecule has 1 amide bonds. The van der Waals surface area contributed by atoms with Crippen LogP contribution in [0.3, 0.4) is 0 Å². The van der Waals surface area contributed by atoms with Crippen molar-refractivity contribution in [2.24, 2.45) is 0 Å². The van der Waals surface area contributed by atoms with Gasteiger partial charge in [-0.25, -0.2) is 4.98 Å². The van der Waals surface area contributed by atoms with E-state index in [1.54, 1.807) is 0 Å². The van der Waals surface area contributed by atoms with Crippen LogP contribution in [0, 0.1) is 13.8 Å². The second kappa shape index (κ2) is 7.36. The third-order valence-corrected chi connectivity index (χ3v) is 4.22. The minimum atomic E-state index is -0.211. The number of nitrogens with one attached hydrogen (secondary N) is 1. The van der Waals surface area contributed by atoms with Crippen molar-refractivity contribution in [3.8, 4) is 17.0 Å². The number of nitrogens with zero attached hydrogens (tertiary/aromatic N) is 1. The average molecular weight is 353 g/mol. The molecule has 0 aliphatic carbocycles. The molecule has 25 heavy (non-hydrogen) atoms. The zero-order valence-electron chi connectivity index (χ0n) is 14.1. The Kier molecular flexibility index (Phi) is 5.00. The third-order valence-electron chi connectivity index (χ3n) is 3.55. The van der Waals surface area contributed by atoms with E-state index in [0.717, 1.165) is 28.1 Å². The number of nitrogens with two attached hydrogens (primary N) is 1. The molecule has 0 saturated heterocycles. The maximum absolute atomic E-state index is 12.2. The van der Waals surface area contributed by atoms with Crippen LogP contribution in [0.1, 0.15) is 11.1 Å². The normalized spacial score (nSPS) is 10.5. The van der Waals surface area contributed by atoms with Crippen LogP contribution in [0.4, 0.5) is 10.8 Å². The van der Waals surface area contributed by atoms with E-state index in [0.29, 0.717) is 10.9 Å². The zero-order chi connectivity index (χ0) is 17.8. The van der Waals surface area contributed by atoms with Gasteiger partial charge in [0.2, 0.25) is 0 Å². The van der Waals surface area contributed by atoms with Crippen molar-refractivity contribution in [1.29, 1.82) is 0 Å². The molecular weight excluding hydrogens is 334 g/mol. The molecule has 0 aliphatic heterocycles. The smallest absolute Gasteiger partial charge is 0.262 e. The number of benzene rings is 2. The second-order valence-electron chi connectivity index (χ2n) is 5.78. The summed E-state index contributed by atoms with van der Waals surface area (Å²) < 4.78 is 5.71. The number of amides is 1. The highest BCUT2D eigenvalue weighted by atomic mass is 32.1. The summed E-state index contributed by atoms with van der Waals surface area (Å²) in [6.45, 7) is 3.91. The van der Waals surface area contributed by atoms with E-state index in [2.05, 4.69) is 16.4 Å². The maximum atomic E-state index is 12.2. The maximum Gasteiger partial charge on any atom is 0.262 e. The van der Waals surface area contributed by atoms with Gasteiger partial charge in [-0.3, -0.25) is 4.79 Å². The van der Waals surface area contributed by atoms with Crippen LogP contribution in [0.25, 0.3) is 11.3 Å². The van der Waals surface area contributed by atoms with Crippen LogP contribution in [0.15, 0.2) is 47.8 Å². The molecule has 0 unspecified atom stereocenters. The van der Waals surface area contributed by atoms with Gasteiger partial charge in [-0.1, -0.05) is 18.2 Å². The Morgan fingerprint density at radius 3 is 2.60 bits per heavy atom. The molecule has 2 aromatic carbocycles. The Bertz CT molecular complexity index is 885. The van der Waals surface area contributed by atoms with Crippen molar-refractivity contribution >= 4 is 28.1 Å². The number of rotatable bonds is 5. The quantitative estimate of drug-likeness (QED) is 0.726. The first-order chi connectivity index (χ1) is 12.0. The van der Waals surface area contributed by atoms with Gasteiger partial charge in [0.1, 0.15) is 5.75 Å². The SMILES string of the molecule is Cc1cc(C)cc(NC(=O)COc2ccccc2-c2csc(N)n2)c1. The largest absolute Gasteiger partial charge is 0.483 e. The standard InChI is InChI=1S/C19H19N3O2S/c1-12-7-13(2)9-14(8-12)21-18(23)10-24-17-6-4-3-5-15(17)16-11-25-19(20)22-16/h3-9,11H,10H2,1-2H3,(H2,20,22)(H,21,23). The highest BCUT2D eigenvalue weighted by Gasteiger charge is 2.11. The number of aromatic nitrogens is 1. The highest BCUT2D eigenvalue weighted by Crippen LogP contribution is 2.31. The number of carbonyl (C=O) groups is 1. The fourth-order valence-corrected chi connectivity index (χ4v) is 3.17. The van der Waals surface area contributed by atoms with Gasteiger partial charge < -0.3 is 15.8 Å². The molecule has 0 bridgehead atoms. The lowest BCUT2D eigenvalue weighted by molar-refractivity contribution is -0.118. The molecule has 1 aromatic heterocycles. The first kappa shape index (κ1) is 17.0. The lowest BCUT2D eigenvalue weighted by Crippen LogP contribution is -2.20. The summed E-state index contributed by atoms with van der Waals surface area (Å²) in [5, 5.41) is 5.23. The molecule has 0 spiro atoms. The molecule has 3 rings (SSSR count). The van der Waals surface area contributed by atoms with Crippen LogP contribution in [0.2, 0.25) is 0 Å². The predicted octanol–water partition coefficient (Wildman–Crippen LogP) is 4.03. The van der Waals surface area contributed by atoms with Gasteiger partial charge in [0, 0.05) is 16.6 Å². The Balaban J connectivity index is 1.68. The molecule has 0 atom stereocenters. The molecule has 1 heterocycles. The molecule has 3 aromatic rings. The van der Waals surface area contributed by atoms with Gasteiger partial charge in [-0.2, -0.15) is 0 Å². The first-order valence-electron chi connectivity index (χ1n) is 7.82. The summed E-state index contributed by atoms with van der Waals surface area (Å²) in [6.07, 6.45) is 0. The van der Waals surface area contributed by atoms with Gasteiger partial charge in [-0.15, -0.1) is 11.3 Å². The lowest BCUT2D eigenvalue weighted by atomic mass is 10.1. The fourth-order valence-electron chi connectivity index (χ4n) is 2.60. The summed E-state index contributed by atoms with van der Waals surface area (Å²) in [7, 11) is 0. The van der Waals surface area contributed by atoms with Crippen molar-refractivity contribution in [3.63, 3.8) is 0 Å². The Labute approximate surface area is 150 Å². The number of carbonyl (C=O) groups excluding carboxylic acids is 1. The van der Waals surface area contributed by atoms with Gasteiger partial charge in [-0.05, 0) is 49.2 Å². The summed E-state index contributed by atoms with van der Waals surface area (Å²) in [4.78, 5) is 16.5. The molecule has 5 nitrogen and oxygen atoms in total. The van der Waals surface area contributed by atoms with Crippen LogP contribution in [-0.2, 0) is 4.79 Å². The van der Waals surface area contributed by atoms with Crippen LogP contribution < -0.4 is 15.8 Å². The lowest BCUT2D eigenvalue weighted by Gasteiger charge is -2.11. The number of hydrogen-bond acceptors (Lipinski definition) is 5. The van der Waals surface area contributed by atoms with Gasteiger partial charge in [0.15, 0.2) is 11.7 Å². The highest BCUT2D eigenvalue weighted by molar-refractivity contribution is 7.13. The summed E-state index contributed by atoms with van der Waals surface area (Å²) in [5.41, 5.74) is 10.2. The number of aryl methyl sites for hydroxylation is 2. The second-order valence-corrected chi connectivity index (χ2v) is 6.67. The number of nitrogen functional groups attached to an aromatic ring is 1. The third kappa shape index (κ3) is 4.36. The molecule has 6 heteroatoms. The number of thiazole rings is 1. The molecular formula is C19H19N3O2S. The number of hydrogen-bond donors (Lipinski definition) is 2. The molecule has 3 N–H and O–H groups in total. The number of ether oxygens (including phenoxy) is 1. The number of para-hydroxylation sites is 1. The Morgan fingerprint density at radius 2 is 1.92 bits per heavy atom. The minimum absolute atomic E-state index is 0.0797. The van der Waals surface area contributed by atoms with Gasteiger partial charge in [0.05, 0.1) is 5.69 Å². The summed E-state index contributed by atoms with van der Waals surface area (Å²) in [6, 6.07) is 13.4.